The van der Waals surface area contributed by atoms with E-state index >= 15 is 0 Å². The van der Waals surface area contributed by atoms with Gasteiger partial charge in [0.1, 0.15) is 17.2 Å². The number of furan rings is 1. The van der Waals surface area contributed by atoms with Crippen molar-refractivity contribution in [1.82, 2.24) is 5.32 Å². The molecule has 5 aliphatic rings. The van der Waals surface area contributed by atoms with Crippen LogP contribution >= 0.6 is 0 Å². The first-order chi connectivity index (χ1) is 24.4. The monoisotopic (exact) mass is 738 g/mol. The van der Waals surface area contributed by atoms with Gasteiger partial charge in [-0.1, -0.05) is 26.0 Å². The lowest BCUT2D eigenvalue weighted by Gasteiger charge is -2.64. The number of carbonyl (C=O) groups excluding carboxylic acids is 1. The lowest BCUT2D eigenvalue weighted by atomic mass is 9.43. The van der Waals surface area contributed by atoms with Crippen molar-refractivity contribution < 1.29 is 44.5 Å². The first-order valence-electron chi connectivity index (χ1n) is 17.5. The maximum Gasteiger partial charge on any atom is 0.495 e. The van der Waals surface area contributed by atoms with Gasteiger partial charge in [0, 0.05) is 24.1 Å². The number of fused-ring (bicyclic) bond motifs is 1. The molecule has 4 atom stereocenters. The molecule has 9 rings (SSSR count). The van der Waals surface area contributed by atoms with E-state index in [9.17, 15) is 30.8 Å². The zero-order valence-electron chi connectivity index (χ0n) is 29.4. The largest absolute Gasteiger partial charge is 0.495 e. The Kier molecular flexibility index (Phi) is 7.99. The molecule has 14 heteroatoms. The van der Waals surface area contributed by atoms with Crippen LogP contribution in [-0.2, 0) is 32.1 Å². The Hall–Kier alpha value is -3.88. The van der Waals surface area contributed by atoms with E-state index < -0.39 is 52.8 Å². The summed E-state index contributed by atoms with van der Waals surface area (Å²) in [4.78, 5) is 13.2. The first kappa shape index (κ1) is 35.2. The topological polar surface area (TPSA) is 98.1 Å². The predicted octanol–water partition coefficient (Wildman–Crippen LogP) is 7.40. The predicted molar refractivity (Wildman–Crippen MR) is 189 cm³/mol. The van der Waals surface area contributed by atoms with Crippen LogP contribution in [0.5, 0.6) is 0 Å². The average Bonchev–Trinajstić information content (AvgIpc) is 3.76. The zero-order chi connectivity index (χ0) is 37.1. The van der Waals surface area contributed by atoms with E-state index in [-0.39, 0.29) is 57.0 Å². The Balaban J connectivity index is 1.19. The van der Waals surface area contributed by atoms with Crippen LogP contribution < -0.4 is 15.1 Å². The number of sulfonamides is 1. The number of carbonyl (C=O) groups is 1. The lowest BCUT2D eigenvalue weighted by molar-refractivity contribution is -0.199. The minimum absolute atomic E-state index is 0.0137. The number of nitrogens with zero attached hydrogens (tertiary/aromatic N) is 1. The molecule has 8 nitrogen and oxygen atoms in total. The summed E-state index contributed by atoms with van der Waals surface area (Å²) < 4.78 is 105. The van der Waals surface area contributed by atoms with Crippen molar-refractivity contribution in [2.75, 3.05) is 17.6 Å². The molecule has 4 aliphatic carbocycles. The molecule has 1 N–H and O–H groups in total. The Labute approximate surface area is 300 Å². The van der Waals surface area contributed by atoms with Crippen molar-refractivity contribution in [3.05, 3.63) is 82.7 Å². The van der Waals surface area contributed by atoms with Gasteiger partial charge in [0.15, 0.2) is 0 Å². The molecule has 4 aromatic rings. The van der Waals surface area contributed by atoms with E-state index in [1.807, 2.05) is 6.92 Å². The number of anilines is 1. The molecular weight excluding hydrogens is 699 g/mol. The highest BCUT2D eigenvalue weighted by Gasteiger charge is 2.68. The van der Waals surface area contributed by atoms with Crippen LogP contribution in [0.15, 0.2) is 59.0 Å². The average molecular weight is 739 g/mol. The maximum atomic E-state index is 14.8. The summed E-state index contributed by atoms with van der Waals surface area (Å²) in [6.07, 6.45) is -0.884. The Bertz CT molecular complexity index is 2220. The van der Waals surface area contributed by atoms with E-state index in [0.29, 0.717) is 22.4 Å². The SMILES string of the molecule is CNC(=O)c1c(-c2ccc(F)cc2)oc2cc(N(Cc3ccc(B4O[C@H]5C[C@H]6CC(C6(C)C)[C@@]5(C)O4)c(C(F)(F)F)c3)S(C)(=O)=O)c(C3CC3)cc12. The molecule has 1 amide bonds. The molecule has 1 unspecified atom stereocenters. The van der Waals surface area contributed by atoms with Crippen LogP contribution in [0.2, 0.25) is 0 Å². The number of halogens is 4. The van der Waals surface area contributed by atoms with Crippen LogP contribution in [-0.4, -0.2) is 46.5 Å². The van der Waals surface area contributed by atoms with Crippen molar-refractivity contribution in [1.29, 1.82) is 0 Å². The van der Waals surface area contributed by atoms with Gasteiger partial charge in [-0.3, -0.25) is 9.10 Å². The number of nitrogens with one attached hydrogen (secondary N) is 1. The summed E-state index contributed by atoms with van der Waals surface area (Å²) >= 11 is 0. The highest BCUT2D eigenvalue weighted by Crippen LogP contribution is 2.65. The minimum Gasteiger partial charge on any atom is -0.455 e. The second-order valence-electron chi connectivity index (χ2n) is 15.6. The minimum atomic E-state index is -4.77. The summed E-state index contributed by atoms with van der Waals surface area (Å²) in [6.45, 7) is 5.90. The fraction of sp³-hybridized carbons (Fsp3) is 0.447. The number of alkyl halides is 3. The van der Waals surface area contributed by atoms with E-state index in [0.717, 1.165) is 42.3 Å². The van der Waals surface area contributed by atoms with Crippen molar-refractivity contribution >= 4 is 45.2 Å². The number of benzene rings is 3. The zero-order valence-corrected chi connectivity index (χ0v) is 30.3. The molecule has 3 aromatic carbocycles. The second kappa shape index (κ2) is 11.8. The summed E-state index contributed by atoms with van der Waals surface area (Å²) in [6, 6.07) is 12.5. The van der Waals surface area contributed by atoms with E-state index in [1.165, 1.54) is 49.5 Å². The molecule has 1 aromatic heterocycles. The summed E-state index contributed by atoms with van der Waals surface area (Å²) in [7, 11) is -3.81. The number of amides is 1. The summed E-state index contributed by atoms with van der Waals surface area (Å²) in [5, 5.41) is 3.06. The van der Waals surface area contributed by atoms with Gasteiger partial charge >= 0.3 is 13.3 Å². The highest BCUT2D eigenvalue weighted by atomic mass is 32.2. The Morgan fingerprint density at radius 1 is 1.04 bits per heavy atom. The van der Waals surface area contributed by atoms with Gasteiger partial charge in [-0.25, -0.2) is 12.8 Å². The normalized spacial score (nSPS) is 25.2. The van der Waals surface area contributed by atoms with Crippen molar-refractivity contribution in [3.63, 3.8) is 0 Å². The summed E-state index contributed by atoms with van der Waals surface area (Å²) in [5.74, 6) is -0.184. The van der Waals surface area contributed by atoms with Gasteiger partial charge < -0.3 is 19.0 Å². The van der Waals surface area contributed by atoms with E-state index in [4.69, 9.17) is 13.7 Å². The van der Waals surface area contributed by atoms with Crippen LogP contribution in [0.1, 0.15) is 79.4 Å². The molecule has 0 radical (unpaired) electrons. The maximum absolute atomic E-state index is 14.8. The van der Waals surface area contributed by atoms with Crippen molar-refractivity contribution in [2.45, 2.75) is 76.8 Å². The van der Waals surface area contributed by atoms with Gasteiger partial charge in [-0.05, 0) is 109 Å². The third-order valence-corrected chi connectivity index (χ3v) is 13.2. The number of rotatable bonds is 8. The molecule has 2 heterocycles. The van der Waals surface area contributed by atoms with E-state index in [2.05, 4.69) is 19.2 Å². The van der Waals surface area contributed by atoms with Crippen molar-refractivity contribution in [3.8, 4) is 11.3 Å². The molecule has 1 aliphatic heterocycles. The molecule has 1 saturated heterocycles. The smallest absolute Gasteiger partial charge is 0.455 e. The Morgan fingerprint density at radius 3 is 2.37 bits per heavy atom. The van der Waals surface area contributed by atoms with Gasteiger partial charge in [-0.15, -0.1) is 0 Å². The molecular formula is C38H39BF4N2O6S. The highest BCUT2D eigenvalue weighted by molar-refractivity contribution is 7.92. The molecule has 52 heavy (non-hydrogen) atoms. The summed E-state index contributed by atoms with van der Waals surface area (Å²) in [5.41, 5.74) is 0.0593. The van der Waals surface area contributed by atoms with Gasteiger partial charge in [0.05, 0.1) is 41.3 Å². The number of hydrogen-bond acceptors (Lipinski definition) is 6. The lowest BCUT2D eigenvalue weighted by Crippen LogP contribution is -2.65. The molecule has 274 valence electrons. The molecule has 5 fully saturated rings. The third kappa shape index (κ3) is 5.63. The fourth-order valence-electron chi connectivity index (χ4n) is 8.94. The van der Waals surface area contributed by atoms with Gasteiger partial charge in [0.2, 0.25) is 10.0 Å². The molecule has 4 saturated carbocycles. The van der Waals surface area contributed by atoms with Crippen LogP contribution in [0, 0.1) is 23.1 Å². The first-order valence-corrected chi connectivity index (χ1v) is 19.3. The third-order valence-electron chi connectivity index (χ3n) is 12.0. The van der Waals surface area contributed by atoms with Gasteiger partial charge in [0.25, 0.3) is 5.91 Å². The van der Waals surface area contributed by atoms with Crippen LogP contribution in [0.25, 0.3) is 22.3 Å². The van der Waals surface area contributed by atoms with Gasteiger partial charge in [-0.2, -0.15) is 13.2 Å². The Morgan fingerprint density at radius 2 is 1.75 bits per heavy atom. The second-order valence-corrected chi connectivity index (χ2v) is 17.5. The standard InChI is InChI=1S/C38H39BF4N2O6S/c1-36(2)23-15-31(36)37(3)32(16-23)50-39(51-37)28-13-6-20(14-27(28)38(41,42)43)19-45(52(5,47)48)29-18-30-26(17-25(29)21-7-8-21)33(35(46)44-4)34(49-30)22-9-11-24(40)12-10-22/h6,9-14,17-18,21,23,31-32H,7-8,15-16,19H2,1-5H3,(H,44,46)/t23-,31?,32+,37-/m1/s1. The number of hydrogen-bond donors (Lipinski definition) is 1. The van der Waals surface area contributed by atoms with Crippen LogP contribution in [0.3, 0.4) is 0 Å². The molecule has 2 bridgehead atoms. The van der Waals surface area contributed by atoms with E-state index in [1.54, 1.807) is 6.07 Å². The quantitative estimate of drug-likeness (QED) is 0.150. The van der Waals surface area contributed by atoms with Crippen molar-refractivity contribution in [2.24, 2.45) is 17.3 Å². The molecule has 0 spiro atoms. The van der Waals surface area contributed by atoms with Crippen LogP contribution in [0.4, 0.5) is 23.2 Å². The fourth-order valence-corrected chi connectivity index (χ4v) is 9.84.